The Hall–Kier alpha value is -2.01. The number of hydrogen-bond acceptors (Lipinski definition) is 2. The van der Waals surface area contributed by atoms with Crippen molar-refractivity contribution in [2.45, 2.75) is 32.7 Å². The van der Waals surface area contributed by atoms with Crippen molar-refractivity contribution in [2.75, 3.05) is 11.4 Å². The lowest BCUT2D eigenvalue weighted by molar-refractivity contribution is -0.200. The van der Waals surface area contributed by atoms with E-state index in [1.807, 2.05) is 50.2 Å². The Kier molecular flexibility index (Phi) is 5.31. The van der Waals surface area contributed by atoms with Crippen molar-refractivity contribution in [3.05, 3.63) is 65.2 Å². The number of benzene rings is 2. The number of halogens is 3. The van der Waals surface area contributed by atoms with E-state index in [1.165, 1.54) is 0 Å². The molecule has 0 amide bonds. The first-order valence-electron chi connectivity index (χ1n) is 7.38. The second kappa shape index (κ2) is 7.04. The van der Waals surface area contributed by atoms with Gasteiger partial charge in [-0.2, -0.15) is 13.2 Å². The summed E-state index contributed by atoms with van der Waals surface area (Å²) in [5, 5.41) is 9.47. The van der Waals surface area contributed by atoms with Crippen LogP contribution in [0, 0.1) is 13.8 Å². The normalized spacial score (nSPS) is 13.0. The fourth-order valence-electron chi connectivity index (χ4n) is 2.51. The Balaban J connectivity index is 2.30. The third-order valence-electron chi connectivity index (χ3n) is 3.68. The van der Waals surface area contributed by atoms with E-state index in [2.05, 4.69) is 0 Å². The Morgan fingerprint density at radius 3 is 2.35 bits per heavy atom. The summed E-state index contributed by atoms with van der Waals surface area (Å²) >= 11 is 0. The zero-order valence-corrected chi connectivity index (χ0v) is 13.1. The number of hydrogen-bond donors (Lipinski definition) is 1. The van der Waals surface area contributed by atoms with Crippen molar-refractivity contribution in [3.63, 3.8) is 0 Å². The van der Waals surface area contributed by atoms with Crippen LogP contribution in [0.25, 0.3) is 0 Å². The maximum atomic E-state index is 12.8. The van der Waals surface area contributed by atoms with Gasteiger partial charge in [-0.15, -0.1) is 0 Å². The predicted molar refractivity (Wildman–Crippen MR) is 85.5 cm³/mol. The minimum absolute atomic E-state index is 0.305. The minimum atomic E-state index is -4.63. The highest BCUT2D eigenvalue weighted by atomic mass is 19.4. The zero-order valence-electron chi connectivity index (χ0n) is 13.1. The molecule has 1 N–H and O–H groups in total. The zero-order chi connectivity index (χ0) is 17.0. The maximum Gasteiger partial charge on any atom is 0.416 e. The van der Waals surface area contributed by atoms with E-state index in [-0.39, 0.29) is 0 Å². The Bertz CT molecular complexity index is 655. The highest BCUT2D eigenvalue weighted by Crippen LogP contribution is 2.26. The second-order valence-corrected chi connectivity index (χ2v) is 5.71. The number of para-hydroxylation sites is 1. The molecule has 0 bridgehead atoms. The molecule has 0 fully saturated rings. The highest BCUT2D eigenvalue weighted by Gasteiger charge is 2.39. The molecule has 0 radical (unpaired) electrons. The number of alkyl halides is 3. The molecule has 124 valence electrons. The van der Waals surface area contributed by atoms with Gasteiger partial charge in [-0.25, -0.2) is 0 Å². The molecule has 0 heterocycles. The van der Waals surface area contributed by atoms with Gasteiger partial charge < -0.3 is 10.0 Å². The van der Waals surface area contributed by atoms with Gasteiger partial charge in [0.2, 0.25) is 0 Å². The molecule has 0 aliphatic carbocycles. The molecule has 5 heteroatoms. The van der Waals surface area contributed by atoms with Gasteiger partial charge in [-0.1, -0.05) is 48.0 Å². The average molecular weight is 323 g/mol. The van der Waals surface area contributed by atoms with Crippen molar-refractivity contribution in [2.24, 2.45) is 0 Å². The number of nitrogens with zero attached hydrogens (tertiary/aromatic N) is 1. The summed E-state index contributed by atoms with van der Waals surface area (Å²) < 4.78 is 38.3. The van der Waals surface area contributed by atoms with Gasteiger partial charge in [0.05, 0.1) is 6.54 Å². The van der Waals surface area contributed by atoms with E-state index in [0.717, 1.165) is 16.7 Å². The standard InChI is InChI=1S/C18H20F3NO/c1-13-6-5-8-15(10-13)11-22(12-17(23)18(19,20)21)16-9-4-3-7-14(16)2/h3-10,17,23H,11-12H2,1-2H3. The molecule has 2 aromatic rings. The van der Waals surface area contributed by atoms with Crippen molar-refractivity contribution < 1.29 is 18.3 Å². The third kappa shape index (κ3) is 4.73. The van der Waals surface area contributed by atoms with Crippen LogP contribution in [0.5, 0.6) is 0 Å². The molecule has 2 aromatic carbocycles. The summed E-state index contributed by atoms with van der Waals surface area (Å²) in [6.45, 7) is 3.59. The fraction of sp³-hybridized carbons (Fsp3) is 0.333. The molecular weight excluding hydrogens is 303 g/mol. The molecule has 0 saturated heterocycles. The van der Waals surface area contributed by atoms with Crippen LogP contribution in [0.1, 0.15) is 16.7 Å². The molecule has 23 heavy (non-hydrogen) atoms. The van der Waals surface area contributed by atoms with Crippen LogP contribution in [0.15, 0.2) is 48.5 Å². The molecule has 0 aromatic heterocycles. The van der Waals surface area contributed by atoms with E-state index in [1.54, 1.807) is 17.0 Å². The van der Waals surface area contributed by atoms with Gasteiger partial charge in [0.15, 0.2) is 6.10 Å². The quantitative estimate of drug-likeness (QED) is 0.890. The number of anilines is 1. The molecule has 0 aliphatic heterocycles. The second-order valence-electron chi connectivity index (χ2n) is 5.71. The lowest BCUT2D eigenvalue weighted by Gasteiger charge is -2.29. The number of rotatable bonds is 5. The molecule has 0 spiro atoms. The summed E-state index contributed by atoms with van der Waals surface area (Å²) in [6.07, 6.45) is -7.01. The molecular formula is C18H20F3NO. The van der Waals surface area contributed by atoms with Crippen LogP contribution in [0.2, 0.25) is 0 Å². The molecule has 0 saturated carbocycles. The van der Waals surface area contributed by atoms with Crippen LogP contribution in [-0.4, -0.2) is 23.9 Å². The first kappa shape index (κ1) is 17.3. The molecule has 2 nitrogen and oxygen atoms in total. The fourth-order valence-corrected chi connectivity index (χ4v) is 2.51. The van der Waals surface area contributed by atoms with Crippen molar-refractivity contribution in [1.29, 1.82) is 0 Å². The van der Waals surface area contributed by atoms with Crippen molar-refractivity contribution in [1.82, 2.24) is 0 Å². The predicted octanol–water partition coefficient (Wildman–Crippen LogP) is 4.23. The smallest absolute Gasteiger partial charge is 0.382 e. The largest absolute Gasteiger partial charge is 0.416 e. The third-order valence-corrected chi connectivity index (χ3v) is 3.68. The monoisotopic (exact) mass is 323 g/mol. The van der Waals surface area contributed by atoms with Crippen molar-refractivity contribution >= 4 is 5.69 Å². The van der Waals surface area contributed by atoms with Gasteiger partial charge in [0, 0.05) is 12.2 Å². The lowest BCUT2D eigenvalue weighted by atomic mass is 10.1. The van der Waals surface area contributed by atoms with Gasteiger partial charge in [0.1, 0.15) is 0 Å². The van der Waals surface area contributed by atoms with Gasteiger partial charge in [-0.3, -0.25) is 0 Å². The summed E-state index contributed by atoms with van der Waals surface area (Å²) in [7, 11) is 0. The van der Waals surface area contributed by atoms with Gasteiger partial charge in [-0.05, 0) is 31.0 Å². The summed E-state index contributed by atoms with van der Waals surface area (Å²) in [5.41, 5.74) is 3.51. The Labute approximate surface area is 134 Å². The summed E-state index contributed by atoms with van der Waals surface area (Å²) in [4.78, 5) is 1.57. The molecule has 0 aliphatic rings. The first-order chi connectivity index (χ1) is 10.8. The van der Waals surface area contributed by atoms with Gasteiger partial charge >= 0.3 is 6.18 Å². The number of aryl methyl sites for hydroxylation is 2. The van der Waals surface area contributed by atoms with E-state index in [9.17, 15) is 18.3 Å². The summed E-state index contributed by atoms with van der Waals surface area (Å²) in [6, 6.07) is 14.9. The van der Waals surface area contributed by atoms with Crippen LogP contribution >= 0.6 is 0 Å². The van der Waals surface area contributed by atoms with Crippen LogP contribution in [0.4, 0.5) is 18.9 Å². The maximum absolute atomic E-state index is 12.8. The average Bonchev–Trinajstić information content (AvgIpc) is 2.46. The van der Waals surface area contributed by atoms with E-state index in [0.29, 0.717) is 12.2 Å². The van der Waals surface area contributed by atoms with Gasteiger partial charge in [0.25, 0.3) is 0 Å². The van der Waals surface area contributed by atoms with E-state index in [4.69, 9.17) is 0 Å². The van der Waals surface area contributed by atoms with Crippen LogP contribution < -0.4 is 4.90 Å². The topological polar surface area (TPSA) is 23.5 Å². The number of aliphatic hydroxyl groups excluding tert-OH is 1. The molecule has 1 atom stereocenters. The SMILES string of the molecule is Cc1cccc(CN(CC(O)C(F)(F)F)c2ccccc2C)c1. The van der Waals surface area contributed by atoms with Crippen LogP contribution in [0.3, 0.4) is 0 Å². The summed E-state index contributed by atoms with van der Waals surface area (Å²) in [5.74, 6) is 0. The Morgan fingerprint density at radius 2 is 1.74 bits per heavy atom. The lowest BCUT2D eigenvalue weighted by Crippen LogP contribution is -2.41. The van der Waals surface area contributed by atoms with Crippen molar-refractivity contribution in [3.8, 4) is 0 Å². The number of aliphatic hydroxyl groups is 1. The van der Waals surface area contributed by atoms with Crippen LogP contribution in [-0.2, 0) is 6.54 Å². The molecule has 2 rings (SSSR count). The first-order valence-corrected chi connectivity index (χ1v) is 7.38. The highest BCUT2D eigenvalue weighted by molar-refractivity contribution is 5.53. The van der Waals surface area contributed by atoms with E-state index >= 15 is 0 Å². The molecule has 1 unspecified atom stereocenters. The minimum Gasteiger partial charge on any atom is -0.382 e. The van der Waals surface area contributed by atoms with E-state index < -0.39 is 18.8 Å². The Morgan fingerprint density at radius 1 is 1.04 bits per heavy atom.